The van der Waals surface area contributed by atoms with Gasteiger partial charge in [-0.3, -0.25) is 14.9 Å². The zero-order valence-electron chi connectivity index (χ0n) is 8.93. The van der Waals surface area contributed by atoms with E-state index in [2.05, 4.69) is 0 Å². The van der Waals surface area contributed by atoms with Crippen molar-refractivity contribution < 1.29 is 19.2 Å². The molecule has 0 aliphatic rings. The monoisotopic (exact) mass is 225 g/mol. The summed E-state index contributed by atoms with van der Waals surface area (Å²) in [6.07, 6.45) is 0. The molecule has 0 unspecified atom stereocenters. The molecule has 0 radical (unpaired) electrons. The molecule has 0 heterocycles. The fourth-order valence-electron chi connectivity index (χ4n) is 1.15. The van der Waals surface area contributed by atoms with Gasteiger partial charge in [-0.05, 0) is 13.0 Å². The van der Waals surface area contributed by atoms with Gasteiger partial charge in [-0.15, -0.1) is 0 Å². The Morgan fingerprint density at radius 1 is 1.50 bits per heavy atom. The molecular formula is C10H11NO5. The van der Waals surface area contributed by atoms with Gasteiger partial charge in [0.1, 0.15) is 5.75 Å². The smallest absolute Gasteiger partial charge is 0.270 e. The van der Waals surface area contributed by atoms with Crippen LogP contribution in [0.2, 0.25) is 0 Å². The van der Waals surface area contributed by atoms with E-state index in [1.54, 1.807) is 0 Å². The molecule has 1 aromatic carbocycles. The number of hydrogen-bond acceptors (Lipinski definition) is 5. The minimum absolute atomic E-state index is 0.0158. The van der Waals surface area contributed by atoms with Crippen LogP contribution in [-0.4, -0.2) is 24.6 Å². The molecule has 0 aliphatic heterocycles. The lowest BCUT2D eigenvalue weighted by atomic mass is 10.1. The molecule has 0 fully saturated rings. The molecule has 6 heteroatoms. The molecule has 86 valence electrons. The summed E-state index contributed by atoms with van der Waals surface area (Å²) in [5, 5.41) is 10.5. The predicted molar refractivity (Wildman–Crippen MR) is 55.6 cm³/mol. The molecule has 16 heavy (non-hydrogen) atoms. The molecule has 0 aliphatic carbocycles. The van der Waals surface area contributed by atoms with Crippen molar-refractivity contribution in [1.29, 1.82) is 0 Å². The van der Waals surface area contributed by atoms with Gasteiger partial charge < -0.3 is 9.47 Å². The summed E-state index contributed by atoms with van der Waals surface area (Å²) in [6, 6.07) is 3.85. The zero-order chi connectivity index (χ0) is 12.1. The first-order valence-electron chi connectivity index (χ1n) is 4.47. The lowest BCUT2D eigenvalue weighted by Gasteiger charge is -2.08. The van der Waals surface area contributed by atoms with Crippen molar-refractivity contribution >= 4 is 11.5 Å². The summed E-state index contributed by atoms with van der Waals surface area (Å²) in [7, 11) is 1.44. The number of benzene rings is 1. The predicted octanol–water partition coefficient (Wildman–Crippen LogP) is 1.78. The van der Waals surface area contributed by atoms with E-state index in [4.69, 9.17) is 9.47 Å². The molecule has 0 saturated heterocycles. The minimum atomic E-state index is -0.563. The van der Waals surface area contributed by atoms with Crippen molar-refractivity contribution in [1.82, 2.24) is 0 Å². The molecule has 0 bridgehead atoms. The first-order valence-corrected chi connectivity index (χ1v) is 4.47. The number of rotatable bonds is 5. The third-order valence-corrected chi connectivity index (χ3v) is 1.89. The van der Waals surface area contributed by atoms with E-state index in [0.717, 1.165) is 0 Å². The Balaban J connectivity index is 3.09. The largest absolute Gasteiger partial charge is 0.467 e. The molecule has 0 aromatic heterocycles. The molecule has 0 N–H and O–H groups in total. The Kier molecular flexibility index (Phi) is 3.96. The Bertz CT molecular complexity index is 416. The van der Waals surface area contributed by atoms with Crippen molar-refractivity contribution in [3.8, 4) is 5.75 Å². The maximum Gasteiger partial charge on any atom is 0.270 e. The highest BCUT2D eigenvalue weighted by atomic mass is 16.7. The third-order valence-electron chi connectivity index (χ3n) is 1.89. The van der Waals surface area contributed by atoms with Crippen LogP contribution in [0.5, 0.6) is 5.75 Å². The fraction of sp³-hybridized carbons (Fsp3) is 0.300. The van der Waals surface area contributed by atoms with Crippen LogP contribution in [-0.2, 0) is 4.74 Å². The van der Waals surface area contributed by atoms with Gasteiger partial charge in [0, 0.05) is 19.2 Å². The van der Waals surface area contributed by atoms with Crippen molar-refractivity contribution in [2.75, 3.05) is 13.9 Å². The van der Waals surface area contributed by atoms with Crippen molar-refractivity contribution in [3.63, 3.8) is 0 Å². The molecule has 0 amide bonds. The van der Waals surface area contributed by atoms with Crippen LogP contribution >= 0.6 is 0 Å². The quantitative estimate of drug-likeness (QED) is 0.330. The zero-order valence-corrected chi connectivity index (χ0v) is 8.93. The summed E-state index contributed by atoms with van der Waals surface area (Å²) >= 11 is 0. The van der Waals surface area contributed by atoms with Gasteiger partial charge in [0.25, 0.3) is 5.69 Å². The first kappa shape index (κ1) is 12.1. The Hall–Kier alpha value is -1.95. The maximum absolute atomic E-state index is 11.3. The second-order valence-corrected chi connectivity index (χ2v) is 3.04. The van der Waals surface area contributed by atoms with Crippen LogP contribution in [0.3, 0.4) is 0 Å². The maximum atomic E-state index is 11.3. The van der Waals surface area contributed by atoms with Gasteiger partial charge in [0.2, 0.25) is 0 Å². The lowest BCUT2D eigenvalue weighted by molar-refractivity contribution is -0.384. The van der Waals surface area contributed by atoms with Gasteiger partial charge in [-0.2, -0.15) is 0 Å². The van der Waals surface area contributed by atoms with Crippen LogP contribution in [0.1, 0.15) is 17.3 Å². The van der Waals surface area contributed by atoms with E-state index in [1.807, 2.05) is 0 Å². The third kappa shape index (κ3) is 2.77. The number of non-ortho nitro benzene ring substituents is 1. The number of carbonyl (C=O) groups excluding carboxylic acids is 1. The first-order chi connectivity index (χ1) is 7.56. The topological polar surface area (TPSA) is 78.7 Å². The summed E-state index contributed by atoms with van der Waals surface area (Å²) in [4.78, 5) is 21.2. The lowest BCUT2D eigenvalue weighted by Crippen LogP contribution is -2.04. The normalized spacial score (nSPS) is 9.88. The number of ketones is 1. The second-order valence-electron chi connectivity index (χ2n) is 3.04. The number of nitro benzene ring substituents is 1. The van der Waals surface area contributed by atoms with Gasteiger partial charge in [0.05, 0.1) is 10.5 Å². The van der Waals surface area contributed by atoms with Gasteiger partial charge in [-0.1, -0.05) is 0 Å². The summed E-state index contributed by atoms with van der Waals surface area (Å²) in [5.41, 5.74) is 0.0289. The number of Topliss-reactive ketones (excluding diaryl/α,β-unsaturated/α-hetero) is 1. The van der Waals surface area contributed by atoms with Gasteiger partial charge in [-0.25, -0.2) is 0 Å². The van der Waals surface area contributed by atoms with Crippen molar-refractivity contribution in [2.24, 2.45) is 0 Å². The van der Waals surface area contributed by atoms with E-state index in [1.165, 1.54) is 32.2 Å². The Morgan fingerprint density at radius 3 is 2.69 bits per heavy atom. The van der Waals surface area contributed by atoms with Gasteiger partial charge in [0.15, 0.2) is 12.6 Å². The SMILES string of the molecule is COCOc1ccc([N+](=O)[O-])cc1C(C)=O. The van der Waals surface area contributed by atoms with Gasteiger partial charge >= 0.3 is 0 Å². The second kappa shape index (κ2) is 5.22. The summed E-state index contributed by atoms with van der Waals surface area (Å²) in [6.45, 7) is 1.30. The van der Waals surface area contributed by atoms with E-state index < -0.39 is 4.92 Å². The summed E-state index contributed by atoms with van der Waals surface area (Å²) in [5.74, 6) is -0.0187. The van der Waals surface area contributed by atoms with Crippen LogP contribution in [0, 0.1) is 10.1 Å². The molecule has 6 nitrogen and oxygen atoms in total. The van der Waals surface area contributed by atoms with E-state index >= 15 is 0 Å². The van der Waals surface area contributed by atoms with Crippen LogP contribution in [0.4, 0.5) is 5.69 Å². The highest BCUT2D eigenvalue weighted by Crippen LogP contribution is 2.24. The number of ether oxygens (including phenoxy) is 2. The standard InChI is InChI=1S/C10H11NO5/c1-7(12)9-5-8(11(13)14)3-4-10(9)16-6-15-2/h3-5H,6H2,1-2H3. The fourth-order valence-corrected chi connectivity index (χ4v) is 1.15. The number of nitrogens with zero attached hydrogens (tertiary/aromatic N) is 1. The highest BCUT2D eigenvalue weighted by Gasteiger charge is 2.14. The molecule has 0 atom stereocenters. The van der Waals surface area contributed by atoms with E-state index in [-0.39, 0.29) is 29.6 Å². The van der Waals surface area contributed by atoms with Crippen molar-refractivity contribution in [2.45, 2.75) is 6.92 Å². The van der Waals surface area contributed by atoms with E-state index in [9.17, 15) is 14.9 Å². The molecule has 1 aromatic rings. The highest BCUT2D eigenvalue weighted by molar-refractivity contribution is 5.97. The average Bonchev–Trinajstić information content (AvgIpc) is 2.25. The average molecular weight is 225 g/mol. The number of nitro groups is 1. The molecule has 0 spiro atoms. The van der Waals surface area contributed by atoms with Crippen LogP contribution in [0.15, 0.2) is 18.2 Å². The Morgan fingerprint density at radius 2 is 2.19 bits per heavy atom. The van der Waals surface area contributed by atoms with Crippen LogP contribution in [0.25, 0.3) is 0 Å². The molecular weight excluding hydrogens is 214 g/mol. The molecule has 0 saturated carbocycles. The number of carbonyl (C=O) groups is 1. The summed E-state index contributed by atoms with van der Waals surface area (Å²) < 4.78 is 9.81. The minimum Gasteiger partial charge on any atom is -0.467 e. The van der Waals surface area contributed by atoms with Crippen LogP contribution < -0.4 is 4.74 Å². The molecule has 1 rings (SSSR count). The number of hydrogen-bond donors (Lipinski definition) is 0. The number of methoxy groups -OCH3 is 1. The van der Waals surface area contributed by atoms with E-state index in [0.29, 0.717) is 0 Å². The van der Waals surface area contributed by atoms with Crippen molar-refractivity contribution in [3.05, 3.63) is 33.9 Å². The Labute approximate surface area is 91.9 Å².